The zero-order valence-corrected chi connectivity index (χ0v) is 16.7. The maximum Gasteiger partial charge on any atom is 0.123 e. The van der Waals surface area contributed by atoms with E-state index in [9.17, 15) is 8.78 Å². The van der Waals surface area contributed by atoms with E-state index in [2.05, 4.69) is 25.1 Å². The molecule has 1 atom stereocenters. The average molecular weight is 409 g/mol. The molecule has 0 saturated carbocycles. The van der Waals surface area contributed by atoms with Crippen molar-refractivity contribution in [3.8, 4) is 0 Å². The number of piperazine rings is 1. The third-order valence-electron chi connectivity index (χ3n) is 5.40. The van der Waals surface area contributed by atoms with Crippen molar-refractivity contribution in [1.82, 2.24) is 20.2 Å². The molecule has 1 aliphatic rings. The highest BCUT2D eigenvalue weighted by atomic mass is 19.1. The molecule has 4 rings (SSSR count). The number of hydrogen-bond donors (Lipinski definition) is 1. The van der Waals surface area contributed by atoms with Crippen molar-refractivity contribution in [2.45, 2.75) is 12.5 Å². The maximum absolute atomic E-state index is 13.4. The second-order valence-corrected chi connectivity index (χ2v) is 7.35. The van der Waals surface area contributed by atoms with Crippen molar-refractivity contribution in [3.05, 3.63) is 84.4 Å². The Balaban J connectivity index is 1.46. The molecular formula is C23H25F2N5. The summed E-state index contributed by atoms with van der Waals surface area (Å²) in [5.41, 5.74) is 2.79. The minimum Gasteiger partial charge on any atom is -0.341 e. The lowest BCUT2D eigenvalue weighted by Crippen LogP contribution is -2.47. The van der Waals surface area contributed by atoms with E-state index >= 15 is 0 Å². The number of nitrogens with one attached hydrogen (secondary N) is 1. The summed E-state index contributed by atoms with van der Waals surface area (Å²) in [6.45, 7) is 4.38. The summed E-state index contributed by atoms with van der Waals surface area (Å²) in [4.78, 5) is 13.0. The number of rotatable bonds is 7. The molecule has 2 heterocycles. The number of anilines is 2. The fourth-order valence-electron chi connectivity index (χ4n) is 3.88. The van der Waals surface area contributed by atoms with Crippen LogP contribution in [0.2, 0.25) is 0 Å². The molecule has 1 N–H and O–H groups in total. The van der Waals surface area contributed by atoms with Gasteiger partial charge in [-0.2, -0.15) is 0 Å². The first-order valence-corrected chi connectivity index (χ1v) is 10.2. The van der Waals surface area contributed by atoms with E-state index in [1.165, 1.54) is 24.3 Å². The molecule has 1 aromatic heterocycles. The standard InChI is InChI=1S/C23H25F2N5/c24-18-2-6-20(7-3-18)30(21-8-4-19(25)5-9-21)14-1-13-29-15-12-26-16-23(29)22-10-11-27-17-28-22/h2-11,17,23,26H,1,12-16H2. The minimum absolute atomic E-state index is 0.215. The van der Waals surface area contributed by atoms with Crippen LogP contribution in [-0.2, 0) is 0 Å². The van der Waals surface area contributed by atoms with Gasteiger partial charge in [-0.05, 0) is 61.0 Å². The van der Waals surface area contributed by atoms with Gasteiger partial charge < -0.3 is 10.2 Å². The van der Waals surface area contributed by atoms with Crippen LogP contribution in [0.25, 0.3) is 0 Å². The molecule has 0 aliphatic carbocycles. The van der Waals surface area contributed by atoms with Gasteiger partial charge in [0.15, 0.2) is 0 Å². The predicted molar refractivity (Wildman–Crippen MR) is 114 cm³/mol. The van der Waals surface area contributed by atoms with Gasteiger partial charge in [0.05, 0.1) is 11.7 Å². The van der Waals surface area contributed by atoms with Gasteiger partial charge >= 0.3 is 0 Å². The molecule has 1 saturated heterocycles. The van der Waals surface area contributed by atoms with Crippen LogP contribution in [0.4, 0.5) is 20.2 Å². The highest BCUT2D eigenvalue weighted by molar-refractivity contribution is 5.63. The van der Waals surface area contributed by atoms with E-state index in [1.54, 1.807) is 36.8 Å². The average Bonchev–Trinajstić information content (AvgIpc) is 2.79. The fourth-order valence-corrected chi connectivity index (χ4v) is 3.88. The van der Waals surface area contributed by atoms with E-state index < -0.39 is 0 Å². The normalized spacial score (nSPS) is 17.1. The molecule has 30 heavy (non-hydrogen) atoms. The third-order valence-corrected chi connectivity index (χ3v) is 5.40. The lowest BCUT2D eigenvalue weighted by molar-refractivity contribution is 0.158. The first kappa shape index (κ1) is 20.4. The molecule has 2 aromatic carbocycles. The van der Waals surface area contributed by atoms with E-state index in [1.807, 2.05) is 6.07 Å². The van der Waals surface area contributed by atoms with Crippen LogP contribution in [0, 0.1) is 11.6 Å². The second kappa shape index (κ2) is 9.73. The molecule has 1 aliphatic heterocycles. The first-order valence-electron chi connectivity index (χ1n) is 10.2. The summed E-state index contributed by atoms with van der Waals surface area (Å²) < 4.78 is 26.8. The van der Waals surface area contributed by atoms with Gasteiger partial charge in [-0.15, -0.1) is 0 Å². The molecule has 0 radical (unpaired) electrons. The van der Waals surface area contributed by atoms with Crippen molar-refractivity contribution in [1.29, 1.82) is 0 Å². The maximum atomic E-state index is 13.4. The molecule has 1 unspecified atom stereocenters. The summed E-state index contributed by atoms with van der Waals surface area (Å²) in [5, 5.41) is 3.44. The van der Waals surface area contributed by atoms with E-state index in [-0.39, 0.29) is 17.7 Å². The van der Waals surface area contributed by atoms with Crippen LogP contribution in [0.15, 0.2) is 67.1 Å². The highest BCUT2D eigenvalue weighted by Gasteiger charge is 2.24. The van der Waals surface area contributed by atoms with Gasteiger partial charge in [-0.3, -0.25) is 4.90 Å². The first-order chi connectivity index (χ1) is 14.7. The van der Waals surface area contributed by atoms with Gasteiger partial charge in [0.1, 0.15) is 18.0 Å². The Bertz CT molecular complexity index is 873. The smallest absolute Gasteiger partial charge is 0.123 e. The summed E-state index contributed by atoms with van der Waals surface area (Å²) >= 11 is 0. The largest absolute Gasteiger partial charge is 0.341 e. The van der Waals surface area contributed by atoms with Crippen molar-refractivity contribution in [2.75, 3.05) is 37.6 Å². The predicted octanol–water partition coefficient (Wildman–Crippen LogP) is 3.93. The number of aromatic nitrogens is 2. The molecular weight excluding hydrogens is 384 g/mol. The fraction of sp³-hybridized carbons (Fsp3) is 0.304. The molecule has 1 fully saturated rings. The Morgan fingerprint density at radius 2 is 1.63 bits per heavy atom. The SMILES string of the molecule is Fc1ccc(N(CCCN2CCNCC2c2ccncn2)c2ccc(F)cc2)cc1. The summed E-state index contributed by atoms with van der Waals surface area (Å²) in [6.07, 6.45) is 4.27. The van der Waals surface area contributed by atoms with Crippen molar-refractivity contribution in [3.63, 3.8) is 0 Å². The Hall–Kier alpha value is -2.90. The van der Waals surface area contributed by atoms with Crippen molar-refractivity contribution in [2.24, 2.45) is 0 Å². The molecule has 5 nitrogen and oxygen atoms in total. The second-order valence-electron chi connectivity index (χ2n) is 7.35. The van der Waals surface area contributed by atoms with Gasteiger partial charge in [0.2, 0.25) is 0 Å². The Kier molecular flexibility index (Phi) is 6.61. The van der Waals surface area contributed by atoms with Crippen LogP contribution in [0.1, 0.15) is 18.2 Å². The zero-order chi connectivity index (χ0) is 20.8. The number of hydrogen-bond acceptors (Lipinski definition) is 5. The molecule has 0 amide bonds. The molecule has 7 heteroatoms. The third kappa shape index (κ3) is 4.98. The van der Waals surface area contributed by atoms with Gasteiger partial charge in [-0.1, -0.05) is 0 Å². The molecule has 156 valence electrons. The van der Waals surface area contributed by atoms with Crippen LogP contribution < -0.4 is 10.2 Å². The number of benzene rings is 2. The lowest BCUT2D eigenvalue weighted by Gasteiger charge is -2.36. The summed E-state index contributed by atoms with van der Waals surface area (Å²) in [6, 6.07) is 15.0. The molecule has 3 aromatic rings. The van der Waals surface area contributed by atoms with Crippen LogP contribution >= 0.6 is 0 Å². The number of halogens is 2. The summed E-state index contributed by atoms with van der Waals surface area (Å²) in [5.74, 6) is -0.544. The minimum atomic E-state index is -0.272. The molecule has 0 spiro atoms. The number of nitrogens with zero attached hydrogens (tertiary/aromatic N) is 4. The Morgan fingerprint density at radius 3 is 2.23 bits per heavy atom. The van der Waals surface area contributed by atoms with Gasteiger partial charge in [0.25, 0.3) is 0 Å². The van der Waals surface area contributed by atoms with E-state index in [0.29, 0.717) is 0 Å². The monoisotopic (exact) mass is 409 g/mol. The Labute approximate surface area is 175 Å². The van der Waals surface area contributed by atoms with Crippen molar-refractivity contribution >= 4 is 11.4 Å². The van der Waals surface area contributed by atoms with Crippen LogP contribution in [0.3, 0.4) is 0 Å². The quantitative estimate of drug-likeness (QED) is 0.641. The lowest BCUT2D eigenvalue weighted by atomic mass is 10.1. The van der Waals surface area contributed by atoms with Crippen LogP contribution in [0.5, 0.6) is 0 Å². The van der Waals surface area contributed by atoms with E-state index in [0.717, 1.165) is 56.2 Å². The van der Waals surface area contributed by atoms with Gasteiger partial charge in [0, 0.05) is 50.3 Å². The van der Waals surface area contributed by atoms with Gasteiger partial charge in [-0.25, -0.2) is 18.7 Å². The Morgan fingerprint density at radius 1 is 0.967 bits per heavy atom. The van der Waals surface area contributed by atoms with Crippen molar-refractivity contribution < 1.29 is 8.78 Å². The van der Waals surface area contributed by atoms with E-state index in [4.69, 9.17) is 0 Å². The molecule has 0 bridgehead atoms. The highest BCUT2D eigenvalue weighted by Crippen LogP contribution is 2.27. The van der Waals surface area contributed by atoms with Crippen LogP contribution in [-0.4, -0.2) is 47.6 Å². The zero-order valence-electron chi connectivity index (χ0n) is 16.7. The summed E-state index contributed by atoms with van der Waals surface area (Å²) in [7, 11) is 0. The topological polar surface area (TPSA) is 44.3 Å².